The van der Waals surface area contributed by atoms with Crippen molar-refractivity contribution >= 4 is 17.6 Å². The quantitative estimate of drug-likeness (QED) is 0.208. The minimum absolute atomic E-state index is 0.00705. The SMILES string of the molecule is CCOC(=O)C1=C(CO)NC(C)=C(C(=O)OCCOCc2ccccc2)C1c1ccccc1[N+](=O)[O-]. The van der Waals surface area contributed by atoms with E-state index in [4.69, 9.17) is 14.2 Å². The molecule has 0 aliphatic carbocycles. The van der Waals surface area contributed by atoms with Crippen LogP contribution in [0.25, 0.3) is 0 Å². The molecular weight excluding hydrogens is 468 g/mol. The lowest BCUT2D eigenvalue weighted by Gasteiger charge is -2.30. The van der Waals surface area contributed by atoms with Gasteiger partial charge in [-0.15, -0.1) is 0 Å². The molecule has 1 atom stereocenters. The highest BCUT2D eigenvalue weighted by Gasteiger charge is 2.41. The predicted molar refractivity (Wildman–Crippen MR) is 129 cm³/mol. The largest absolute Gasteiger partial charge is 0.463 e. The number of esters is 2. The van der Waals surface area contributed by atoms with Crippen molar-refractivity contribution in [1.29, 1.82) is 0 Å². The molecule has 10 heteroatoms. The van der Waals surface area contributed by atoms with E-state index in [0.717, 1.165) is 5.56 Å². The van der Waals surface area contributed by atoms with Gasteiger partial charge >= 0.3 is 11.9 Å². The zero-order valence-corrected chi connectivity index (χ0v) is 20.1. The highest BCUT2D eigenvalue weighted by Crippen LogP contribution is 2.42. The Kier molecular flexibility index (Phi) is 9.32. The van der Waals surface area contributed by atoms with Gasteiger partial charge in [-0.05, 0) is 19.4 Å². The number of nitrogens with zero attached hydrogens (tertiary/aromatic N) is 1. The number of nitrogens with one attached hydrogen (secondary N) is 1. The van der Waals surface area contributed by atoms with Crippen molar-refractivity contribution in [3.8, 4) is 0 Å². The van der Waals surface area contributed by atoms with Crippen LogP contribution in [0.5, 0.6) is 0 Å². The fourth-order valence-electron chi connectivity index (χ4n) is 3.99. The molecular formula is C26H28N2O8. The number of aliphatic hydroxyl groups excluding tert-OH is 1. The molecule has 190 valence electrons. The number of carbonyl (C=O) groups is 2. The van der Waals surface area contributed by atoms with E-state index in [9.17, 15) is 24.8 Å². The second-order valence-corrected chi connectivity index (χ2v) is 7.86. The number of ether oxygens (including phenoxy) is 3. The van der Waals surface area contributed by atoms with Crippen LogP contribution < -0.4 is 5.32 Å². The van der Waals surface area contributed by atoms with Crippen molar-refractivity contribution in [1.82, 2.24) is 5.32 Å². The van der Waals surface area contributed by atoms with Crippen LogP contribution in [-0.2, 0) is 30.4 Å². The first kappa shape index (κ1) is 26.6. The second kappa shape index (κ2) is 12.6. The summed E-state index contributed by atoms with van der Waals surface area (Å²) >= 11 is 0. The summed E-state index contributed by atoms with van der Waals surface area (Å²) in [5.41, 5.74) is 1.09. The summed E-state index contributed by atoms with van der Waals surface area (Å²) in [6, 6.07) is 15.3. The van der Waals surface area contributed by atoms with Gasteiger partial charge in [-0.2, -0.15) is 0 Å². The van der Waals surface area contributed by atoms with Crippen LogP contribution in [0.1, 0.15) is 30.9 Å². The molecule has 0 radical (unpaired) electrons. The van der Waals surface area contributed by atoms with Gasteiger partial charge in [0.2, 0.25) is 0 Å². The van der Waals surface area contributed by atoms with Crippen LogP contribution in [-0.4, -0.2) is 48.4 Å². The number of carbonyl (C=O) groups excluding carboxylic acids is 2. The Morgan fingerprint density at radius 1 is 1.00 bits per heavy atom. The van der Waals surface area contributed by atoms with Crippen LogP contribution >= 0.6 is 0 Å². The number of allylic oxidation sites excluding steroid dienone is 1. The number of hydrogen-bond acceptors (Lipinski definition) is 9. The van der Waals surface area contributed by atoms with Crippen molar-refractivity contribution in [3.63, 3.8) is 0 Å². The molecule has 0 saturated carbocycles. The molecule has 1 heterocycles. The summed E-state index contributed by atoms with van der Waals surface area (Å²) < 4.78 is 16.2. The molecule has 0 saturated heterocycles. The molecule has 0 fully saturated rings. The summed E-state index contributed by atoms with van der Waals surface area (Å²) in [5, 5.41) is 24.6. The Bertz CT molecular complexity index is 1170. The minimum atomic E-state index is -1.19. The van der Waals surface area contributed by atoms with Crippen LogP contribution in [0, 0.1) is 10.1 Å². The van der Waals surface area contributed by atoms with E-state index in [1.165, 1.54) is 18.2 Å². The summed E-state index contributed by atoms with van der Waals surface area (Å²) in [4.78, 5) is 37.4. The molecule has 36 heavy (non-hydrogen) atoms. The first-order chi connectivity index (χ1) is 17.4. The van der Waals surface area contributed by atoms with Crippen molar-refractivity contribution < 1.29 is 33.8 Å². The van der Waals surface area contributed by atoms with E-state index in [0.29, 0.717) is 12.3 Å². The zero-order valence-electron chi connectivity index (χ0n) is 20.1. The van der Waals surface area contributed by atoms with E-state index in [-0.39, 0.29) is 47.9 Å². The smallest absolute Gasteiger partial charge is 0.336 e. The third-order valence-electron chi connectivity index (χ3n) is 5.54. The molecule has 10 nitrogen and oxygen atoms in total. The van der Waals surface area contributed by atoms with E-state index >= 15 is 0 Å². The summed E-state index contributed by atoms with van der Waals surface area (Å²) in [6.07, 6.45) is 0. The van der Waals surface area contributed by atoms with Crippen molar-refractivity contribution in [2.45, 2.75) is 26.4 Å². The molecule has 3 rings (SSSR count). The van der Waals surface area contributed by atoms with Gasteiger partial charge in [-0.1, -0.05) is 48.5 Å². The van der Waals surface area contributed by atoms with E-state index in [1.54, 1.807) is 19.9 Å². The molecule has 0 amide bonds. The number of para-hydroxylation sites is 1. The summed E-state index contributed by atoms with van der Waals surface area (Å²) in [7, 11) is 0. The van der Waals surface area contributed by atoms with E-state index < -0.39 is 29.4 Å². The maximum atomic E-state index is 13.2. The van der Waals surface area contributed by atoms with Crippen LogP contribution in [0.15, 0.2) is 77.1 Å². The summed E-state index contributed by atoms with van der Waals surface area (Å²) in [5.74, 6) is -2.77. The zero-order chi connectivity index (χ0) is 26.1. The Morgan fingerprint density at radius 2 is 1.67 bits per heavy atom. The third-order valence-corrected chi connectivity index (χ3v) is 5.54. The number of nitro benzene ring substituents is 1. The highest BCUT2D eigenvalue weighted by atomic mass is 16.6. The standard InChI is InChI=1S/C26H28N2O8/c1-3-35-26(31)24-20(15-29)27-17(2)22(23(24)19-11-7-8-12-21(19)28(32)33)25(30)36-14-13-34-16-18-9-5-4-6-10-18/h4-12,23,27,29H,3,13-16H2,1-2H3. The van der Waals surface area contributed by atoms with Gasteiger partial charge in [0.05, 0.1) is 54.1 Å². The predicted octanol–water partition coefficient (Wildman–Crippen LogP) is 3.13. The van der Waals surface area contributed by atoms with Gasteiger partial charge in [0.1, 0.15) is 6.61 Å². The fourth-order valence-corrected chi connectivity index (χ4v) is 3.99. The Morgan fingerprint density at radius 3 is 2.33 bits per heavy atom. The molecule has 2 aromatic rings. The molecule has 1 unspecified atom stereocenters. The number of rotatable bonds is 11. The van der Waals surface area contributed by atoms with Gasteiger partial charge in [0.15, 0.2) is 0 Å². The van der Waals surface area contributed by atoms with Gasteiger partial charge in [0.25, 0.3) is 5.69 Å². The number of benzene rings is 2. The van der Waals surface area contributed by atoms with Crippen LogP contribution in [0.3, 0.4) is 0 Å². The Hall–Kier alpha value is -4.02. The lowest BCUT2D eigenvalue weighted by atomic mass is 9.79. The van der Waals surface area contributed by atoms with Crippen LogP contribution in [0.4, 0.5) is 5.69 Å². The molecule has 2 N–H and O–H groups in total. The number of aliphatic hydroxyl groups is 1. The van der Waals surface area contributed by atoms with Gasteiger partial charge in [-0.3, -0.25) is 10.1 Å². The highest BCUT2D eigenvalue weighted by molar-refractivity contribution is 6.00. The average molecular weight is 497 g/mol. The maximum Gasteiger partial charge on any atom is 0.336 e. The van der Waals surface area contributed by atoms with E-state index in [2.05, 4.69) is 5.32 Å². The van der Waals surface area contributed by atoms with Crippen LogP contribution in [0.2, 0.25) is 0 Å². The minimum Gasteiger partial charge on any atom is -0.463 e. The topological polar surface area (TPSA) is 137 Å². The number of hydrogen-bond donors (Lipinski definition) is 2. The van der Waals surface area contributed by atoms with Gasteiger partial charge in [0, 0.05) is 17.3 Å². The Labute approximate surface area is 208 Å². The van der Waals surface area contributed by atoms with Crippen molar-refractivity contribution in [2.24, 2.45) is 0 Å². The first-order valence-corrected chi connectivity index (χ1v) is 11.4. The number of dihydropyridines is 1. The molecule has 0 bridgehead atoms. The molecule has 1 aliphatic rings. The molecule has 2 aromatic carbocycles. The van der Waals surface area contributed by atoms with Crippen molar-refractivity contribution in [3.05, 3.63) is 98.4 Å². The summed E-state index contributed by atoms with van der Waals surface area (Å²) in [6.45, 7) is 3.04. The third kappa shape index (κ3) is 6.15. The van der Waals surface area contributed by atoms with Gasteiger partial charge in [-0.25, -0.2) is 9.59 Å². The monoisotopic (exact) mass is 496 g/mol. The maximum absolute atomic E-state index is 13.2. The lowest BCUT2D eigenvalue weighted by molar-refractivity contribution is -0.385. The molecule has 0 aromatic heterocycles. The van der Waals surface area contributed by atoms with E-state index in [1.807, 2.05) is 30.3 Å². The van der Waals surface area contributed by atoms with Crippen molar-refractivity contribution in [2.75, 3.05) is 26.4 Å². The number of nitro groups is 1. The second-order valence-electron chi connectivity index (χ2n) is 7.86. The lowest BCUT2D eigenvalue weighted by Crippen LogP contribution is -2.35. The molecule has 0 spiro atoms. The first-order valence-electron chi connectivity index (χ1n) is 11.4. The normalized spacial score (nSPS) is 15.4. The molecule has 1 aliphatic heterocycles. The fraction of sp³-hybridized carbons (Fsp3) is 0.308. The van der Waals surface area contributed by atoms with Gasteiger partial charge < -0.3 is 24.6 Å². The Balaban J connectivity index is 1.90. The average Bonchev–Trinajstić information content (AvgIpc) is 2.88.